The lowest BCUT2D eigenvalue weighted by Gasteiger charge is -2.21. The van der Waals surface area contributed by atoms with Crippen molar-refractivity contribution in [1.29, 1.82) is 0 Å². The predicted octanol–water partition coefficient (Wildman–Crippen LogP) is 3.33. The maximum atomic E-state index is 12.7. The summed E-state index contributed by atoms with van der Waals surface area (Å²) in [6, 6.07) is 11.0. The van der Waals surface area contributed by atoms with E-state index in [1.54, 1.807) is 37.3 Å². The Morgan fingerprint density at radius 3 is 2.19 bits per heavy atom. The predicted molar refractivity (Wildman–Crippen MR) is 102 cm³/mol. The second-order valence-corrected chi connectivity index (χ2v) is 8.70. The van der Waals surface area contributed by atoms with Gasteiger partial charge in [0.25, 0.3) is 15.9 Å². The number of sulfonamides is 1. The zero-order chi connectivity index (χ0) is 19.5. The molecule has 2 aromatic carbocycles. The van der Waals surface area contributed by atoms with Gasteiger partial charge in [-0.1, -0.05) is 6.07 Å². The number of hydrogen-bond acceptors (Lipinski definition) is 4. The Kier molecular flexibility index (Phi) is 5.61. The lowest BCUT2D eigenvalue weighted by atomic mass is 10.0. The number of aryl methyl sites for hydroxylation is 1. The molecule has 0 saturated carbocycles. The maximum absolute atomic E-state index is 12.7. The minimum absolute atomic E-state index is 0.0259. The van der Waals surface area contributed by atoms with E-state index >= 15 is 0 Å². The van der Waals surface area contributed by atoms with Crippen LogP contribution < -0.4 is 14.8 Å². The number of carbonyl (C=O) groups is 1. The van der Waals surface area contributed by atoms with Crippen LogP contribution in [0.1, 0.15) is 36.7 Å². The average molecular weight is 376 g/mol. The second-order valence-electron chi connectivity index (χ2n) is 7.01. The number of rotatable bonds is 5. The van der Waals surface area contributed by atoms with E-state index in [0.29, 0.717) is 22.6 Å². The first-order chi connectivity index (χ1) is 12.0. The normalized spacial score (nSPS) is 11.7. The van der Waals surface area contributed by atoms with Crippen molar-refractivity contribution in [2.75, 3.05) is 11.8 Å². The van der Waals surface area contributed by atoms with E-state index in [9.17, 15) is 13.2 Å². The van der Waals surface area contributed by atoms with Crippen molar-refractivity contribution in [3.8, 4) is 5.75 Å². The van der Waals surface area contributed by atoms with E-state index in [1.165, 1.54) is 19.2 Å². The highest BCUT2D eigenvalue weighted by molar-refractivity contribution is 7.92. The van der Waals surface area contributed by atoms with E-state index in [0.717, 1.165) is 0 Å². The van der Waals surface area contributed by atoms with Crippen molar-refractivity contribution in [2.24, 2.45) is 0 Å². The number of benzene rings is 2. The van der Waals surface area contributed by atoms with Crippen molar-refractivity contribution in [3.63, 3.8) is 0 Å². The van der Waals surface area contributed by atoms with Crippen molar-refractivity contribution < 1.29 is 17.9 Å². The SMILES string of the molecule is COc1ccc(NS(=O)(=O)c2ccc(C)c(C(=O)NC(C)(C)C)c2)cc1. The number of anilines is 1. The Labute approximate surface area is 154 Å². The van der Waals surface area contributed by atoms with Crippen LogP contribution in [0.25, 0.3) is 0 Å². The molecule has 2 N–H and O–H groups in total. The zero-order valence-electron chi connectivity index (χ0n) is 15.6. The fraction of sp³-hybridized carbons (Fsp3) is 0.316. The van der Waals surface area contributed by atoms with Gasteiger partial charge in [-0.3, -0.25) is 9.52 Å². The van der Waals surface area contributed by atoms with Gasteiger partial charge in [0.15, 0.2) is 0 Å². The number of amides is 1. The molecule has 26 heavy (non-hydrogen) atoms. The molecule has 140 valence electrons. The Bertz CT molecular complexity index is 898. The van der Waals surface area contributed by atoms with Crippen molar-refractivity contribution in [1.82, 2.24) is 5.32 Å². The van der Waals surface area contributed by atoms with E-state index < -0.39 is 15.6 Å². The van der Waals surface area contributed by atoms with Gasteiger partial charge in [-0.05, 0) is 69.7 Å². The first-order valence-corrected chi connectivity index (χ1v) is 9.60. The highest BCUT2D eigenvalue weighted by Crippen LogP contribution is 2.21. The zero-order valence-corrected chi connectivity index (χ0v) is 16.4. The molecule has 0 aromatic heterocycles. The van der Waals surface area contributed by atoms with E-state index in [1.807, 2.05) is 20.8 Å². The highest BCUT2D eigenvalue weighted by Gasteiger charge is 2.21. The summed E-state index contributed by atoms with van der Waals surface area (Å²) in [7, 11) is -2.28. The summed E-state index contributed by atoms with van der Waals surface area (Å²) in [5.41, 5.74) is 1.03. The van der Waals surface area contributed by atoms with Crippen LogP contribution in [-0.2, 0) is 10.0 Å². The Morgan fingerprint density at radius 1 is 1.04 bits per heavy atom. The molecule has 7 heteroatoms. The monoisotopic (exact) mass is 376 g/mol. The van der Waals surface area contributed by atoms with Crippen LogP contribution in [0.5, 0.6) is 5.75 Å². The molecule has 0 saturated heterocycles. The average Bonchev–Trinajstić information content (AvgIpc) is 2.53. The summed E-state index contributed by atoms with van der Waals surface area (Å²) in [6.07, 6.45) is 0. The summed E-state index contributed by atoms with van der Waals surface area (Å²) in [6.45, 7) is 7.37. The fourth-order valence-electron chi connectivity index (χ4n) is 2.29. The lowest BCUT2D eigenvalue weighted by Crippen LogP contribution is -2.40. The molecule has 1 amide bonds. The highest BCUT2D eigenvalue weighted by atomic mass is 32.2. The van der Waals surface area contributed by atoms with Crippen molar-refractivity contribution in [2.45, 2.75) is 38.1 Å². The third-order valence-corrected chi connectivity index (χ3v) is 4.97. The summed E-state index contributed by atoms with van der Waals surface area (Å²) < 4.78 is 32.9. The summed E-state index contributed by atoms with van der Waals surface area (Å²) >= 11 is 0. The van der Waals surface area contributed by atoms with Crippen LogP contribution >= 0.6 is 0 Å². The molecule has 0 unspecified atom stereocenters. The lowest BCUT2D eigenvalue weighted by molar-refractivity contribution is 0.0918. The summed E-state index contributed by atoms with van der Waals surface area (Å²) in [5.74, 6) is 0.320. The third-order valence-electron chi connectivity index (χ3n) is 3.59. The van der Waals surface area contributed by atoms with Gasteiger partial charge in [0.1, 0.15) is 5.75 Å². The van der Waals surface area contributed by atoms with Gasteiger partial charge in [-0.25, -0.2) is 8.42 Å². The molecular weight excluding hydrogens is 352 g/mol. The fourth-order valence-corrected chi connectivity index (χ4v) is 3.38. The van der Waals surface area contributed by atoms with Crippen LogP contribution in [-0.4, -0.2) is 27.0 Å². The molecule has 0 aliphatic carbocycles. The van der Waals surface area contributed by atoms with Crippen LogP contribution in [0.15, 0.2) is 47.4 Å². The minimum atomic E-state index is -3.82. The molecule has 0 radical (unpaired) electrons. The Hall–Kier alpha value is -2.54. The first-order valence-electron chi connectivity index (χ1n) is 8.12. The third kappa shape index (κ3) is 4.98. The smallest absolute Gasteiger partial charge is 0.261 e. The van der Waals surface area contributed by atoms with Crippen LogP contribution in [0.4, 0.5) is 5.69 Å². The van der Waals surface area contributed by atoms with E-state index in [-0.39, 0.29) is 10.8 Å². The van der Waals surface area contributed by atoms with E-state index in [2.05, 4.69) is 10.0 Å². The molecule has 0 spiro atoms. The van der Waals surface area contributed by atoms with E-state index in [4.69, 9.17) is 4.74 Å². The number of ether oxygens (including phenoxy) is 1. The topological polar surface area (TPSA) is 84.5 Å². The van der Waals surface area contributed by atoms with Gasteiger partial charge >= 0.3 is 0 Å². The Balaban J connectivity index is 2.31. The number of hydrogen-bond donors (Lipinski definition) is 2. The minimum Gasteiger partial charge on any atom is -0.497 e. The standard InChI is InChI=1S/C19H24N2O4S/c1-13-6-11-16(12-17(13)18(22)20-19(2,3)4)26(23,24)21-14-7-9-15(25-5)10-8-14/h6-12,21H,1-5H3,(H,20,22). The second kappa shape index (κ2) is 7.37. The van der Waals surface area contributed by atoms with Gasteiger partial charge in [0.2, 0.25) is 0 Å². The maximum Gasteiger partial charge on any atom is 0.261 e. The van der Waals surface area contributed by atoms with Crippen molar-refractivity contribution in [3.05, 3.63) is 53.6 Å². The molecule has 0 fully saturated rings. The van der Waals surface area contributed by atoms with Gasteiger partial charge in [-0.2, -0.15) is 0 Å². The van der Waals surface area contributed by atoms with Crippen LogP contribution in [0, 0.1) is 6.92 Å². The molecular formula is C19H24N2O4S. The molecule has 2 aromatic rings. The van der Waals surface area contributed by atoms with Crippen LogP contribution in [0.3, 0.4) is 0 Å². The summed E-state index contributed by atoms with van der Waals surface area (Å²) in [5, 5.41) is 2.85. The molecule has 0 bridgehead atoms. The molecule has 0 aliphatic rings. The number of methoxy groups -OCH3 is 1. The van der Waals surface area contributed by atoms with Crippen molar-refractivity contribution >= 4 is 21.6 Å². The first kappa shape index (κ1) is 19.8. The molecule has 0 aliphatic heterocycles. The quantitative estimate of drug-likeness (QED) is 0.838. The molecule has 6 nitrogen and oxygen atoms in total. The Morgan fingerprint density at radius 2 is 1.65 bits per heavy atom. The molecule has 0 atom stereocenters. The van der Waals surface area contributed by atoms with Gasteiger partial charge < -0.3 is 10.1 Å². The summed E-state index contributed by atoms with van der Waals surface area (Å²) in [4.78, 5) is 12.5. The molecule has 0 heterocycles. The largest absolute Gasteiger partial charge is 0.497 e. The number of carbonyl (C=O) groups excluding carboxylic acids is 1. The van der Waals surface area contributed by atoms with Gasteiger partial charge in [0, 0.05) is 16.8 Å². The molecule has 2 rings (SSSR count). The number of nitrogens with one attached hydrogen (secondary N) is 2. The van der Waals surface area contributed by atoms with Crippen LogP contribution in [0.2, 0.25) is 0 Å². The van der Waals surface area contributed by atoms with Gasteiger partial charge in [0.05, 0.1) is 12.0 Å². The van der Waals surface area contributed by atoms with Gasteiger partial charge in [-0.15, -0.1) is 0 Å².